The Labute approximate surface area is 166 Å². The van der Waals surface area contributed by atoms with Gasteiger partial charge >= 0.3 is 12.1 Å². The van der Waals surface area contributed by atoms with E-state index in [4.69, 9.17) is 21.1 Å². The molecular weight excluding hydrogens is 382 g/mol. The first-order valence-electron chi connectivity index (χ1n) is 8.30. The standard InChI is InChI=1S/C21H16ClNO5/c22-15-6-8-16(9-7-15)28-17-10-11-19(18(12-17)20(24)25)23-21(26)27-13-14-4-2-1-3-5-14/h1-12H,13H2,(H,23,26)(H,24,25). The third-order valence-corrected chi connectivity index (χ3v) is 3.97. The molecule has 1 amide bonds. The molecule has 0 radical (unpaired) electrons. The van der Waals surface area contributed by atoms with E-state index in [1.807, 2.05) is 30.3 Å². The number of ether oxygens (including phenoxy) is 2. The number of carboxylic acids is 1. The van der Waals surface area contributed by atoms with Crippen molar-refractivity contribution in [3.63, 3.8) is 0 Å². The number of hydrogen-bond donors (Lipinski definition) is 2. The fourth-order valence-electron chi connectivity index (χ4n) is 2.38. The molecule has 0 aliphatic carbocycles. The Kier molecular flexibility index (Phi) is 6.14. The molecule has 0 aromatic heterocycles. The van der Waals surface area contributed by atoms with E-state index in [1.165, 1.54) is 12.1 Å². The van der Waals surface area contributed by atoms with Crippen LogP contribution in [0.2, 0.25) is 5.02 Å². The van der Waals surface area contributed by atoms with Crippen LogP contribution >= 0.6 is 11.6 Å². The Balaban J connectivity index is 1.69. The van der Waals surface area contributed by atoms with Crippen LogP contribution in [0.25, 0.3) is 0 Å². The number of nitrogens with one attached hydrogen (secondary N) is 1. The average Bonchev–Trinajstić information content (AvgIpc) is 2.70. The maximum Gasteiger partial charge on any atom is 0.411 e. The Hall–Kier alpha value is -3.51. The van der Waals surface area contributed by atoms with Crippen LogP contribution in [0.5, 0.6) is 11.5 Å². The molecule has 0 aliphatic rings. The number of hydrogen-bond acceptors (Lipinski definition) is 4. The van der Waals surface area contributed by atoms with Gasteiger partial charge in [-0.3, -0.25) is 5.32 Å². The summed E-state index contributed by atoms with van der Waals surface area (Å²) in [6.45, 7) is 0.0762. The Morgan fingerprint density at radius 1 is 0.929 bits per heavy atom. The number of anilines is 1. The molecule has 6 nitrogen and oxygen atoms in total. The van der Waals surface area contributed by atoms with Gasteiger partial charge in [0.25, 0.3) is 0 Å². The van der Waals surface area contributed by atoms with Crippen LogP contribution in [0.1, 0.15) is 15.9 Å². The molecule has 0 heterocycles. The molecule has 0 spiro atoms. The van der Waals surface area contributed by atoms with Gasteiger partial charge in [-0.05, 0) is 48.0 Å². The highest BCUT2D eigenvalue weighted by molar-refractivity contribution is 6.30. The van der Waals surface area contributed by atoms with Crippen LogP contribution in [-0.4, -0.2) is 17.2 Å². The molecule has 28 heavy (non-hydrogen) atoms. The highest BCUT2D eigenvalue weighted by Crippen LogP contribution is 2.27. The van der Waals surface area contributed by atoms with E-state index in [1.54, 1.807) is 30.3 Å². The molecule has 3 aromatic rings. The summed E-state index contributed by atoms with van der Waals surface area (Å²) in [7, 11) is 0. The topological polar surface area (TPSA) is 84.9 Å². The second-order valence-electron chi connectivity index (χ2n) is 5.76. The van der Waals surface area contributed by atoms with E-state index >= 15 is 0 Å². The van der Waals surface area contributed by atoms with Crippen LogP contribution in [0.15, 0.2) is 72.8 Å². The second kappa shape index (κ2) is 8.92. The van der Waals surface area contributed by atoms with Crippen molar-refractivity contribution < 1.29 is 24.2 Å². The van der Waals surface area contributed by atoms with Crippen molar-refractivity contribution in [2.75, 3.05) is 5.32 Å². The average molecular weight is 398 g/mol. The SMILES string of the molecule is O=C(Nc1ccc(Oc2ccc(Cl)cc2)cc1C(=O)O)OCc1ccccc1. The number of carboxylic acid groups (broad SMARTS) is 1. The highest BCUT2D eigenvalue weighted by atomic mass is 35.5. The normalized spacial score (nSPS) is 10.2. The van der Waals surface area contributed by atoms with Gasteiger partial charge in [-0.2, -0.15) is 0 Å². The molecule has 142 valence electrons. The predicted octanol–water partition coefficient (Wildman–Crippen LogP) is 5.58. The molecule has 0 saturated heterocycles. The zero-order chi connectivity index (χ0) is 19.9. The summed E-state index contributed by atoms with van der Waals surface area (Å²) in [5.41, 5.74) is 0.806. The van der Waals surface area contributed by atoms with Crippen molar-refractivity contribution in [3.8, 4) is 11.5 Å². The molecule has 0 bridgehead atoms. The van der Waals surface area contributed by atoms with Crippen molar-refractivity contribution in [3.05, 3.63) is 88.9 Å². The zero-order valence-corrected chi connectivity index (χ0v) is 15.3. The van der Waals surface area contributed by atoms with E-state index in [-0.39, 0.29) is 17.9 Å². The maximum atomic E-state index is 12.0. The number of aromatic carboxylic acids is 1. The van der Waals surface area contributed by atoms with Gasteiger partial charge in [0.2, 0.25) is 0 Å². The largest absolute Gasteiger partial charge is 0.478 e. The summed E-state index contributed by atoms with van der Waals surface area (Å²) in [6, 6.07) is 20.1. The van der Waals surface area contributed by atoms with Gasteiger partial charge < -0.3 is 14.6 Å². The lowest BCUT2D eigenvalue weighted by molar-refractivity contribution is 0.0697. The van der Waals surface area contributed by atoms with E-state index in [0.29, 0.717) is 16.5 Å². The Morgan fingerprint density at radius 2 is 1.61 bits per heavy atom. The van der Waals surface area contributed by atoms with E-state index in [9.17, 15) is 14.7 Å². The first-order chi connectivity index (χ1) is 13.5. The van der Waals surface area contributed by atoms with Crippen LogP contribution in [0, 0.1) is 0 Å². The predicted molar refractivity (Wildman–Crippen MR) is 105 cm³/mol. The molecule has 7 heteroatoms. The maximum absolute atomic E-state index is 12.0. The number of amides is 1. The third-order valence-electron chi connectivity index (χ3n) is 3.72. The second-order valence-corrected chi connectivity index (χ2v) is 6.19. The van der Waals surface area contributed by atoms with Crippen LogP contribution < -0.4 is 10.1 Å². The van der Waals surface area contributed by atoms with Crippen molar-refractivity contribution >= 4 is 29.4 Å². The van der Waals surface area contributed by atoms with Gasteiger partial charge in [-0.25, -0.2) is 9.59 Å². The zero-order valence-electron chi connectivity index (χ0n) is 14.6. The van der Waals surface area contributed by atoms with E-state index in [2.05, 4.69) is 5.32 Å². The minimum atomic E-state index is -1.21. The quantitative estimate of drug-likeness (QED) is 0.567. The molecule has 2 N–H and O–H groups in total. The molecule has 0 atom stereocenters. The monoisotopic (exact) mass is 397 g/mol. The Morgan fingerprint density at radius 3 is 2.29 bits per heavy atom. The summed E-state index contributed by atoms with van der Waals surface area (Å²) >= 11 is 5.83. The van der Waals surface area contributed by atoms with Crippen molar-refractivity contribution in [1.82, 2.24) is 0 Å². The molecular formula is C21H16ClNO5. The molecule has 0 fully saturated rings. The molecule has 0 aliphatic heterocycles. The van der Waals surface area contributed by atoms with Crippen molar-refractivity contribution in [2.24, 2.45) is 0 Å². The number of rotatable bonds is 6. The summed E-state index contributed by atoms with van der Waals surface area (Å²) in [6.07, 6.45) is -0.752. The fourth-order valence-corrected chi connectivity index (χ4v) is 2.51. The lowest BCUT2D eigenvalue weighted by atomic mass is 10.1. The van der Waals surface area contributed by atoms with Gasteiger partial charge in [-0.15, -0.1) is 0 Å². The van der Waals surface area contributed by atoms with E-state index in [0.717, 1.165) is 5.56 Å². The third kappa shape index (κ3) is 5.25. The lowest BCUT2D eigenvalue weighted by Crippen LogP contribution is -2.16. The van der Waals surface area contributed by atoms with Gasteiger partial charge in [0.1, 0.15) is 18.1 Å². The van der Waals surface area contributed by atoms with E-state index < -0.39 is 12.1 Å². The smallest absolute Gasteiger partial charge is 0.411 e. The van der Waals surface area contributed by atoms with Gasteiger partial charge in [0.05, 0.1) is 11.3 Å². The van der Waals surface area contributed by atoms with Crippen LogP contribution in [0.4, 0.5) is 10.5 Å². The first kappa shape index (κ1) is 19.3. The van der Waals surface area contributed by atoms with Gasteiger partial charge in [0, 0.05) is 5.02 Å². The minimum absolute atomic E-state index is 0.0762. The van der Waals surface area contributed by atoms with Crippen molar-refractivity contribution in [2.45, 2.75) is 6.61 Å². The molecule has 0 unspecified atom stereocenters. The first-order valence-corrected chi connectivity index (χ1v) is 8.67. The fraction of sp³-hybridized carbons (Fsp3) is 0.0476. The Bertz CT molecular complexity index is 974. The number of benzene rings is 3. The van der Waals surface area contributed by atoms with Gasteiger partial charge in [0.15, 0.2) is 0 Å². The summed E-state index contributed by atoms with van der Waals surface area (Å²) in [4.78, 5) is 23.6. The number of carbonyl (C=O) groups is 2. The van der Waals surface area contributed by atoms with Crippen molar-refractivity contribution in [1.29, 1.82) is 0 Å². The number of halogens is 1. The summed E-state index contributed by atoms with van der Waals surface area (Å²) < 4.78 is 10.7. The number of carbonyl (C=O) groups excluding carboxylic acids is 1. The van der Waals surface area contributed by atoms with Crippen LogP contribution in [-0.2, 0) is 11.3 Å². The summed E-state index contributed by atoms with van der Waals surface area (Å²) in [5, 5.41) is 12.5. The van der Waals surface area contributed by atoms with Crippen LogP contribution in [0.3, 0.4) is 0 Å². The highest BCUT2D eigenvalue weighted by Gasteiger charge is 2.15. The molecule has 3 rings (SSSR count). The lowest BCUT2D eigenvalue weighted by Gasteiger charge is -2.12. The minimum Gasteiger partial charge on any atom is -0.478 e. The molecule has 3 aromatic carbocycles. The van der Waals surface area contributed by atoms with Gasteiger partial charge in [-0.1, -0.05) is 41.9 Å². The molecule has 0 saturated carbocycles. The summed E-state index contributed by atoms with van der Waals surface area (Å²) in [5.74, 6) is -0.397.